The van der Waals surface area contributed by atoms with Gasteiger partial charge >= 0.3 is 0 Å². The van der Waals surface area contributed by atoms with Crippen LogP contribution in [0, 0.1) is 0 Å². The van der Waals surface area contributed by atoms with Gasteiger partial charge in [0.05, 0.1) is 6.33 Å². The lowest BCUT2D eigenvalue weighted by Crippen LogP contribution is -1.87. The molecule has 0 unspecified atom stereocenters. The molecule has 5 heteroatoms. The highest BCUT2D eigenvalue weighted by molar-refractivity contribution is 7.17. The minimum atomic E-state index is 0.704. The fourth-order valence-electron chi connectivity index (χ4n) is 2.13. The molecule has 0 saturated heterocycles. The van der Waals surface area contributed by atoms with Crippen molar-refractivity contribution in [3.05, 3.63) is 42.3 Å². The molecule has 0 radical (unpaired) electrons. The second-order valence-corrected chi connectivity index (χ2v) is 4.88. The molecule has 1 aromatic carbocycles. The van der Waals surface area contributed by atoms with E-state index in [1.807, 2.05) is 12.1 Å². The second kappa shape index (κ2) is 3.61. The third kappa shape index (κ3) is 1.28. The van der Waals surface area contributed by atoms with E-state index in [4.69, 9.17) is 0 Å². The van der Waals surface area contributed by atoms with Crippen LogP contribution in [0.4, 0.5) is 0 Å². The maximum Gasteiger partial charge on any atom is 0.181 e. The first kappa shape index (κ1) is 9.73. The Labute approximate surface area is 106 Å². The molecule has 0 spiro atoms. The molecule has 0 aliphatic heterocycles. The third-order valence-electron chi connectivity index (χ3n) is 2.96. The fraction of sp³-hybridized carbons (Fsp3) is 0. The predicted molar refractivity (Wildman–Crippen MR) is 72.5 cm³/mol. The lowest BCUT2D eigenvalue weighted by molar-refractivity contribution is 1.21. The molecule has 3 aromatic heterocycles. The highest BCUT2D eigenvalue weighted by Gasteiger charge is 2.12. The standard InChI is InChI=1S/C13H8N4S/c1-2-4-10-8(3-1)9(5-18-10)11-12-13(16-6-14-11)17-7-15-12/h1-7H,(H,14,15,16,17). The van der Waals surface area contributed by atoms with Crippen LogP contribution in [-0.2, 0) is 0 Å². The molecule has 18 heavy (non-hydrogen) atoms. The number of aromatic amines is 1. The lowest BCUT2D eigenvalue weighted by Gasteiger charge is -1.99. The molecule has 0 atom stereocenters. The number of aromatic nitrogens is 4. The van der Waals surface area contributed by atoms with Gasteiger partial charge in [0.1, 0.15) is 17.5 Å². The smallest absolute Gasteiger partial charge is 0.181 e. The topological polar surface area (TPSA) is 54.5 Å². The number of rotatable bonds is 1. The van der Waals surface area contributed by atoms with Gasteiger partial charge in [-0.1, -0.05) is 18.2 Å². The van der Waals surface area contributed by atoms with E-state index >= 15 is 0 Å². The number of hydrogen-bond acceptors (Lipinski definition) is 4. The summed E-state index contributed by atoms with van der Waals surface area (Å²) in [5.74, 6) is 0. The molecule has 1 N–H and O–H groups in total. The Hall–Kier alpha value is -2.27. The summed E-state index contributed by atoms with van der Waals surface area (Å²) in [7, 11) is 0. The maximum atomic E-state index is 4.40. The first-order valence-electron chi connectivity index (χ1n) is 5.54. The monoisotopic (exact) mass is 252 g/mol. The Bertz CT molecular complexity index is 846. The van der Waals surface area contributed by atoms with E-state index in [0.29, 0.717) is 5.65 Å². The summed E-state index contributed by atoms with van der Waals surface area (Å²) in [6.45, 7) is 0. The summed E-state index contributed by atoms with van der Waals surface area (Å²) >= 11 is 1.73. The summed E-state index contributed by atoms with van der Waals surface area (Å²) in [6.07, 6.45) is 3.21. The normalized spacial score (nSPS) is 11.3. The molecule has 4 rings (SSSR count). The van der Waals surface area contributed by atoms with Crippen molar-refractivity contribution in [2.45, 2.75) is 0 Å². The van der Waals surface area contributed by atoms with Gasteiger partial charge in [-0.3, -0.25) is 0 Å². The van der Waals surface area contributed by atoms with Crippen LogP contribution in [0.1, 0.15) is 0 Å². The number of hydrogen-bond donors (Lipinski definition) is 1. The van der Waals surface area contributed by atoms with E-state index < -0.39 is 0 Å². The van der Waals surface area contributed by atoms with Crippen LogP contribution in [0.25, 0.3) is 32.5 Å². The first-order chi connectivity index (χ1) is 8.93. The third-order valence-corrected chi connectivity index (χ3v) is 3.92. The van der Waals surface area contributed by atoms with Crippen molar-refractivity contribution in [2.24, 2.45) is 0 Å². The van der Waals surface area contributed by atoms with E-state index in [2.05, 4.69) is 37.4 Å². The van der Waals surface area contributed by atoms with E-state index in [1.165, 1.54) is 10.1 Å². The van der Waals surface area contributed by atoms with Gasteiger partial charge in [0.25, 0.3) is 0 Å². The largest absolute Gasteiger partial charge is 0.341 e. The summed E-state index contributed by atoms with van der Waals surface area (Å²) in [6, 6.07) is 8.33. The molecule has 0 bridgehead atoms. The predicted octanol–water partition coefficient (Wildman–Crippen LogP) is 3.23. The summed E-state index contributed by atoms with van der Waals surface area (Å²) in [4.78, 5) is 15.8. The van der Waals surface area contributed by atoms with Crippen molar-refractivity contribution in [2.75, 3.05) is 0 Å². The molecular weight excluding hydrogens is 244 g/mol. The molecule has 0 aliphatic carbocycles. The zero-order valence-electron chi connectivity index (χ0n) is 9.29. The number of H-pyrrole nitrogens is 1. The van der Waals surface area contributed by atoms with Crippen molar-refractivity contribution < 1.29 is 0 Å². The van der Waals surface area contributed by atoms with Crippen molar-refractivity contribution >= 4 is 32.6 Å². The van der Waals surface area contributed by atoms with Gasteiger partial charge in [-0.15, -0.1) is 11.3 Å². The lowest BCUT2D eigenvalue weighted by atomic mass is 10.1. The van der Waals surface area contributed by atoms with Gasteiger partial charge in [0.15, 0.2) is 5.65 Å². The Kier molecular flexibility index (Phi) is 1.95. The van der Waals surface area contributed by atoms with Gasteiger partial charge < -0.3 is 4.98 Å². The van der Waals surface area contributed by atoms with Crippen LogP contribution >= 0.6 is 11.3 Å². The van der Waals surface area contributed by atoms with Crippen LogP contribution in [0.15, 0.2) is 42.3 Å². The maximum absolute atomic E-state index is 4.40. The van der Waals surface area contributed by atoms with Gasteiger partial charge in [-0.05, 0) is 6.07 Å². The molecule has 0 aliphatic rings. The van der Waals surface area contributed by atoms with Crippen LogP contribution in [0.3, 0.4) is 0 Å². The molecule has 3 heterocycles. The Morgan fingerprint density at radius 1 is 1.06 bits per heavy atom. The molecule has 0 fully saturated rings. The first-order valence-corrected chi connectivity index (χ1v) is 6.42. The minimum absolute atomic E-state index is 0.704. The summed E-state index contributed by atoms with van der Waals surface area (Å²) < 4.78 is 1.26. The number of nitrogens with zero attached hydrogens (tertiary/aromatic N) is 3. The molecular formula is C13H8N4S. The summed E-state index contributed by atoms with van der Waals surface area (Å²) in [5.41, 5.74) is 3.64. The molecule has 0 amide bonds. The Balaban J connectivity index is 2.10. The average Bonchev–Trinajstić information content (AvgIpc) is 3.05. The number of imidazole rings is 1. The molecule has 4 nitrogen and oxygen atoms in total. The van der Waals surface area contributed by atoms with Gasteiger partial charge in [-0.2, -0.15) is 0 Å². The van der Waals surface area contributed by atoms with Crippen molar-refractivity contribution in [3.8, 4) is 11.3 Å². The van der Waals surface area contributed by atoms with Gasteiger partial charge in [0.2, 0.25) is 0 Å². The number of benzene rings is 1. The van der Waals surface area contributed by atoms with Crippen molar-refractivity contribution in [1.29, 1.82) is 0 Å². The highest BCUT2D eigenvalue weighted by atomic mass is 32.1. The second-order valence-electron chi connectivity index (χ2n) is 3.97. The number of thiophene rings is 1. The average molecular weight is 252 g/mol. The summed E-state index contributed by atoms with van der Waals surface area (Å²) in [5, 5.41) is 3.35. The molecule has 0 saturated carbocycles. The van der Waals surface area contributed by atoms with Crippen LogP contribution in [-0.4, -0.2) is 19.9 Å². The molecule has 4 aromatic rings. The van der Waals surface area contributed by atoms with E-state index in [-0.39, 0.29) is 0 Å². The van der Waals surface area contributed by atoms with Crippen LogP contribution in [0.5, 0.6) is 0 Å². The zero-order chi connectivity index (χ0) is 11.9. The Morgan fingerprint density at radius 3 is 3.00 bits per heavy atom. The Morgan fingerprint density at radius 2 is 2.00 bits per heavy atom. The van der Waals surface area contributed by atoms with Crippen molar-refractivity contribution in [3.63, 3.8) is 0 Å². The SMILES string of the molecule is c1ccc2c(-c3ncnc4nc[nH]c34)csc2c1. The van der Waals surface area contributed by atoms with E-state index in [1.54, 1.807) is 24.0 Å². The highest BCUT2D eigenvalue weighted by Crippen LogP contribution is 2.34. The van der Waals surface area contributed by atoms with Crippen LogP contribution < -0.4 is 0 Å². The van der Waals surface area contributed by atoms with E-state index in [9.17, 15) is 0 Å². The quantitative estimate of drug-likeness (QED) is 0.566. The minimum Gasteiger partial charge on any atom is -0.341 e. The van der Waals surface area contributed by atoms with Crippen molar-refractivity contribution in [1.82, 2.24) is 19.9 Å². The molecule has 86 valence electrons. The fourth-order valence-corrected chi connectivity index (χ4v) is 3.08. The van der Waals surface area contributed by atoms with Crippen LogP contribution in [0.2, 0.25) is 0 Å². The zero-order valence-corrected chi connectivity index (χ0v) is 10.1. The number of fused-ring (bicyclic) bond motifs is 2. The van der Waals surface area contributed by atoms with Gasteiger partial charge in [-0.25, -0.2) is 15.0 Å². The van der Waals surface area contributed by atoms with Gasteiger partial charge in [0, 0.05) is 21.0 Å². The van der Waals surface area contributed by atoms with E-state index in [0.717, 1.165) is 16.8 Å². The number of nitrogens with one attached hydrogen (secondary N) is 1.